The first-order valence-corrected chi connectivity index (χ1v) is 14.3. The average molecular weight is 590 g/mol. The van der Waals surface area contributed by atoms with Crippen LogP contribution in [0.3, 0.4) is 0 Å². The number of amides is 3. The number of fused-ring (bicyclic) bond motifs is 3. The van der Waals surface area contributed by atoms with Gasteiger partial charge >= 0.3 is 5.97 Å². The van der Waals surface area contributed by atoms with E-state index >= 15 is 0 Å². The van der Waals surface area contributed by atoms with Crippen LogP contribution in [0.1, 0.15) is 68.3 Å². The summed E-state index contributed by atoms with van der Waals surface area (Å²) in [5, 5.41) is 15.6. The van der Waals surface area contributed by atoms with E-state index in [9.17, 15) is 24.3 Å². The number of aliphatic carboxylic acids is 1. The Bertz CT molecular complexity index is 1240. The van der Waals surface area contributed by atoms with Gasteiger partial charge < -0.3 is 20.6 Å². The van der Waals surface area contributed by atoms with Gasteiger partial charge in [-0.3, -0.25) is 19.4 Å². The van der Waals surface area contributed by atoms with Crippen LogP contribution in [-0.2, 0) is 20.8 Å². The molecule has 3 amide bonds. The van der Waals surface area contributed by atoms with Gasteiger partial charge in [-0.25, -0.2) is 4.79 Å². The van der Waals surface area contributed by atoms with Gasteiger partial charge in [0.25, 0.3) is 5.91 Å². The number of piperidine rings is 2. The Morgan fingerprint density at radius 3 is 2.23 bits per heavy atom. The Balaban J connectivity index is 1.42. The van der Waals surface area contributed by atoms with Crippen LogP contribution in [0.4, 0.5) is 5.69 Å². The molecular weight excluding hydrogens is 555 g/mol. The molecule has 3 fully saturated rings. The Labute approximate surface area is 243 Å². The average Bonchev–Trinajstić information content (AvgIpc) is 2.92. The van der Waals surface area contributed by atoms with Crippen molar-refractivity contribution in [3.05, 3.63) is 57.8 Å². The van der Waals surface area contributed by atoms with E-state index in [0.717, 1.165) is 32.1 Å². The predicted molar refractivity (Wildman–Crippen MR) is 152 cm³/mol. The standard InChI is InChI=1S/C29H34Cl2N4O5/c1-16(2)3-12-24(36)35-20-10-6-18(7-11-20)26(35)28(38)34-23(29(39)40)13-17-4-8-19(9-5-17)33-27(37)25-21(30)14-32-15-22(25)31/h4-5,8-9,14-16,18,20,23,26H,3,6-7,10-13H2,1-2H3,(H,33,37)(H,34,38)(H,39,40). The number of hydrogen-bond acceptors (Lipinski definition) is 5. The van der Waals surface area contributed by atoms with Gasteiger partial charge in [0.1, 0.15) is 12.1 Å². The first-order valence-electron chi connectivity index (χ1n) is 13.6. The van der Waals surface area contributed by atoms with E-state index in [-0.39, 0.29) is 39.9 Å². The first-order chi connectivity index (χ1) is 19.0. The highest BCUT2D eigenvalue weighted by Gasteiger charge is 2.47. The highest BCUT2D eigenvalue weighted by molar-refractivity contribution is 6.40. The lowest BCUT2D eigenvalue weighted by Crippen LogP contribution is -2.64. The topological polar surface area (TPSA) is 129 Å². The van der Waals surface area contributed by atoms with Crippen LogP contribution in [-0.4, -0.2) is 56.8 Å². The number of carbonyl (C=O) groups excluding carboxylic acids is 3. The van der Waals surface area contributed by atoms with Crippen molar-refractivity contribution < 1.29 is 24.3 Å². The molecular formula is C29H34Cl2N4O5. The molecule has 11 heteroatoms. The summed E-state index contributed by atoms with van der Waals surface area (Å²) in [4.78, 5) is 56.9. The number of halogens is 2. The van der Waals surface area contributed by atoms with Gasteiger partial charge in [0, 0.05) is 37.0 Å². The molecule has 1 aromatic carbocycles. The van der Waals surface area contributed by atoms with Gasteiger partial charge in [0.15, 0.2) is 0 Å². The fraction of sp³-hybridized carbons (Fsp3) is 0.483. The van der Waals surface area contributed by atoms with E-state index in [1.165, 1.54) is 12.4 Å². The van der Waals surface area contributed by atoms with E-state index in [1.54, 1.807) is 29.2 Å². The summed E-state index contributed by atoms with van der Waals surface area (Å²) in [5.41, 5.74) is 1.22. The van der Waals surface area contributed by atoms with E-state index in [1.807, 2.05) is 0 Å². The van der Waals surface area contributed by atoms with Crippen LogP contribution >= 0.6 is 23.2 Å². The van der Waals surface area contributed by atoms with E-state index in [4.69, 9.17) is 23.2 Å². The summed E-state index contributed by atoms with van der Waals surface area (Å²) in [7, 11) is 0. The molecule has 0 radical (unpaired) electrons. The molecule has 0 spiro atoms. The Hall–Kier alpha value is -3.17. The highest BCUT2D eigenvalue weighted by atomic mass is 35.5. The number of anilines is 1. The van der Waals surface area contributed by atoms with Gasteiger partial charge in [0.05, 0.1) is 15.6 Å². The third-order valence-electron chi connectivity index (χ3n) is 7.72. The molecule has 3 heterocycles. The molecule has 40 heavy (non-hydrogen) atoms. The number of rotatable bonds is 10. The maximum Gasteiger partial charge on any atom is 0.326 e. The van der Waals surface area contributed by atoms with E-state index in [0.29, 0.717) is 23.6 Å². The fourth-order valence-electron chi connectivity index (χ4n) is 5.63. The molecule has 214 valence electrons. The summed E-state index contributed by atoms with van der Waals surface area (Å²) < 4.78 is 0. The first kappa shape index (κ1) is 29.8. The third kappa shape index (κ3) is 6.93. The normalized spacial score (nSPS) is 20.7. The lowest BCUT2D eigenvalue weighted by atomic mass is 9.74. The monoisotopic (exact) mass is 588 g/mol. The number of hydrogen-bond donors (Lipinski definition) is 3. The number of nitrogens with zero attached hydrogens (tertiary/aromatic N) is 2. The van der Waals surface area contributed by atoms with E-state index in [2.05, 4.69) is 29.5 Å². The van der Waals surface area contributed by atoms with Crippen LogP contribution in [0, 0.1) is 11.8 Å². The maximum atomic E-state index is 13.5. The number of carbonyl (C=O) groups is 4. The molecule has 1 aromatic heterocycles. The molecule has 2 aliphatic heterocycles. The molecule has 2 bridgehead atoms. The second kappa shape index (κ2) is 13.0. The van der Waals surface area contributed by atoms with Crippen molar-refractivity contribution in [2.75, 3.05) is 5.32 Å². The molecule has 2 atom stereocenters. The Kier molecular flexibility index (Phi) is 9.68. The zero-order valence-electron chi connectivity index (χ0n) is 22.5. The van der Waals surface area contributed by atoms with E-state index < -0.39 is 29.9 Å². The molecule has 3 N–H and O–H groups in total. The third-order valence-corrected chi connectivity index (χ3v) is 8.29. The smallest absolute Gasteiger partial charge is 0.326 e. The van der Waals surface area contributed by atoms with Crippen molar-refractivity contribution in [3.63, 3.8) is 0 Å². The number of aromatic nitrogens is 1. The number of pyridine rings is 1. The molecule has 1 saturated carbocycles. The van der Waals surface area contributed by atoms with Gasteiger partial charge in [-0.2, -0.15) is 0 Å². The number of nitrogens with one attached hydrogen (secondary N) is 2. The van der Waals surface area contributed by atoms with Crippen molar-refractivity contribution in [1.82, 2.24) is 15.2 Å². The molecule has 3 aliphatic rings. The molecule has 1 aliphatic carbocycles. The van der Waals surface area contributed by atoms with Gasteiger partial charge in [-0.1, -0.05) is 49.2 Å². The predicted octanol–water partition coefficient (Wildman–Crippen LogP) is 4.96. The van der Waals surface area contributed by atoms with Gasteiger partial charge in [-0.05, 0) is 61.6 Å². The molecule has 2 aromatic rings. The Morgan fingerprint density at radius 1 is 1.02 bits per heavy atom. The Morgan fingerprint density at radius 2 is 1.65 bits per heavy atom. The van der Waals surface area contributed by atoms with Gasteiger partial charge in [-0.15, -0.1) is 0 Å². The summed E-state index contributed by atoms with van der Waals surface area (Å²) >= 11 is 12.1. The van der Waals surface area contributed by atoms with Crippen LogP contribution in [0.25, 0.3) is 0 Å². The second-order valence-electron chi connectivity index (χ2n) is 11.0. The largest absolute Gasteiger partial charge is 0.480 e. The fourth-order valence-corrected chi connectivity index (χ4v) is 6.17. The van der Waals surface area contributed by atoms with Crippen LogP contribution in [0.2, 0.25) is 10.0 Å². The van der Waals surface area contributed by atoms with Crippen LogP contribution < -0.4 is 10.6 Å². The van der Waals surface area contributed by atoms with Crippen molar-refractivity contribution >= 4 is 52.6 Å². The van der Waals surface area contributed by atoms with Crippen LogP contribution in [0.5, 0.6) is 0 Å². The summed E-state index contributed by atoms with van der Waals surface area (Å²) in [5.74, 6) is -1.69. The van der Waals surface area contributed by atoms with Crippen molar-refractivity contribution in [1.29, 1.82) is 0 Å². The lowest BCUT2D eigenvalue weighted by Gasteiger charge is -2.50. The van der Waals surface area contributed by atoms with Crippen molar-refractivity contribution in [2.24, 2.45) is 11.8 Å². The minimum Gasteiger partial charge on any atom is -0.480 e. The zero-order valence-corrected chi connectivity index (χ0v) is 24.0. The molecule has 5 rings (SSSR count). The molecule has 2 saturated heterocycles. The summed E-state index contributed by atoms with van der Waals surface area (Å²) in [6, 6.07) is 4.84. The minimum atomic E-state index is -1.17. The maximum absolute atomic E-state index is 13.5. The number of benzene rings is 1. The lowest BCUT2D eigenvalue weighted by molar-refractivity contribution is -0.155. The second-order valence-corrected chi connectivity index (χ2v) is 11.8. The number of carboxylic acid groups (broad SMARTS) is 1. The SMILES string of the molecule is CC(C)CCC(=O)N1C2CCC(CC2)C1C(=O)NC(Cc1ccc(NC(=O)c2c(Cl)cncc2Cl)cc1)C(=O)O. The molecule has 9 nitrogen and oxygen atoms in total. The van der Waals surface area contributed by atoms with Crippen molar-refractivity contribution in [3.8, 4) is 0 Å². The summed E-state index contributed by atoms with van der Waals surface area (Å²) in [6.07, 6.45) is 7.30. The van der Waals surface area contributed by atoms with Crippen LogP contribution in [0.15, 0.2) is 36.7 Å². The number of carboxylic acids is 1. The summed E-state index contributed by atoms with van der Waals surface area (Å²) in [6.45, 7) is 4.12. The molecule has 2 unspecified atom stereocenters. The van der Waals surface area contributed by atoms with Crippen molar-refractivity contribution in [2.45, 2.75) is 76.9 Å². The zero-order chi connectivity index (χ0) is 29.0. The minimum absolute atomic E-state index is 0.0258. The van der Waals surface area contributed by atoms with Gasteiger partial charge in [0.2, 0.25) is 11.8 Å². The quantitative estimate of drug-likeness (QED) is 0.360. The highest BCUT2D eigenvalue weighted by Crippen LogP contribution is 2.40.